The normalized spacial score (nSPS) is 10.5. The van der Waals surface area contributed by atoms with Gasteiger partial charge in [-0.25, -0.2) is 0 Å². The molecule has 3 aromatic carbocycles. The predicted molar refractivity (Wildman–Crippen MR) is 111 cm³/mol. The first kappa shape index (κ1) is 18.3. The van der Waals surface area contributed by atoms with E-state index in [4.69, 9.17) is 16.3 Å². The Kier molecular flexibility index (Phi) is 6.40. The first-order chi connectivity index (χ1) is 12.1. The molecule has 0 radical (unpaired) electrons. The monoisotopic (exact) mass is 479 g/mol. The first-order valence-corrected chi connectivity index (χ1v) is 9.72. The fourth-order valence-corrected chi connectivity index (χ4v) is 3.96. The summed E-state index contributed by atoms with van der Waals surface area (Å²) in [5, 5.41) is 4.13. The van der Waals surface area contributed by atoms with E-state index in [1.165, 1.54) is 0 Å². The third-order valence-corrected chi connectivity index (χ3v) is 4.94. The number of hydrogen-bond donors (Lipinski definition) is 1. The lowest BCUT2D eigenvalue weighted by atomic mass is 10.2. The molecule has 0 amide bonds. The van der Waals surface area contributed by atoms with Crippen LogP contribution in [0, 0.1) is 0 Å². The van der Waals surface area contributed by atoms with Crippen molar-refractivity contribution >= 4 is 49.1 Å². The van der Waals surface area contributed by atoms with Gasteiger partial charge in [0.2, 0.25) is 0 Å². The summed E-state index contributed by atoms with van der Waals surface area (Å²) in [6, 6.07) is 21.8. The molecule has 0 saturated heterocycles. The lowest BCUT2D eigenvalue weighted by Crippen LogP contribution is -2.04. The van der Waals surface area contributed by atoms with Crippen LogP contribution in [0.3, 0.4) is 0 Å². The standard InChI is InChI=1S/C20H16Br2ClNO/c21-16-10-15(12-24-18-8-6-17(23)7-9-18)20(19(22)11-16)25-13-14-4-2-1-3-5-14/h1-11,24H,12-13H2. The molecule has 0 atom stereocenters. The Morgan fingerprint density at radius 1 is 0.920 bits per heavy atom. The van der Waals surface area contributed by atoms with E-state index in [-0.39, 0.29) is 0 Å². The number of ether oxygens (including phenoxy) is 1. The minimum atomic E-state index is 0.523. The van der Waals surface area contributed by atoms with Crippen LogP contribution in [0.4, 0.5) is 5.69 Å². The fraction of sp³-hybridized carbons (Fsp3) is 0.100. The topological polar surface area (TPSA) is 21.3 Å². The number of nitrogens with one attached hydrogen (secondary N) is 1. The Labute approximate surface area is 169 Å². The Morgan fingerprint density at radius 2 is 1.64 bits per heavy atom. The maximum atomic E-state index is 6.09. The van der Waals surface area contributed by atoms with Crippen LogP contribution in [-0.2, 0) is 13.2 Å². The lowest BCUT2D eigenvalue weighted by Gasteiger charge is -2.15. The van der Waals surface area contributed by atoms with Crippen molar-refractivity contribution in [3.05, 3.63) is 91.8 Å². The highest BCUT2D eigenvalue weighted by atomic mass is 79.9. The molecule has 0 bridgehead atoms. The van der Waals surface area contributed by atoms with E-state index < -0.39 is 0 Å². The molecule has 0 aromatic heterocycles. The van der Waals surface area contributed by atoms with E-state index in [2.05, 4.69) is 55.4 Å². The molecule has 0 fully saturated rings. The molecule has 0 spiro atoms. The second kappa shape index (κ2) is 8.75. The van der Waals surface area contributed by atoms with Gasteiger partial charge in [-0.15, -0.1) is 0 Å². The summed E-state index contributed by atoms with van der Waals surface area (Å²) in [4.78, 5) is 0. The van der Waals surface area contributed by atoms with E-state index in [0.717, 1.165) is 36.5 Å². The molecular weight excluding hydrogens is 465 g/mol. The van der Waals surface area contributed by atoms with Gasteiger partial charge in [-0.1, -0.05) is 57.9 Å². The molecular formula is C20H16Br2ClNO. The Balaban J connectivity index is 1.76. The minimum absolute atomic E-state index is 0.523. The number of hydrogen-bond acceptors (Lipinski definition) is 2. The zero-order valence-electron chi connectivity index (χ0n) is 13.3. The zero-order valence-corrected chi connectivity index (χ0v) is 17.2. The van der Waals surface area contributed by atoms with Crippen molar-refractivity contribution < 1.29 is 4.74 Å². The van der Waals surface area contributed by atoms with E-state index in [1.54, 1.807) is 0 Å². The lowest BCUT2D eigenvalue weighted by molar-refractivity contribution is 0.301. The Bertz CT molecular complexity index is 838. The highest BCUT2D eigenvalue weighted by molar-refractivity contribution is 9.11. The van der Waals surface area contributed by atoms with Crippen LogP contribution in [0.15, 0.2) is 75.7 Å². The molecule has 128 valence electrons. The molecule has 3 rings (SSSR count). The average Bonchev–Trinajstić information content (AvgIpc) is 2.61. The summed E-state index contributed by atoms with van der Waals surface area (Å²) in [6.07, 6.45) is 0. The van der Waals surface area contributed by atoms with Gasteiger partial charge in [-0.3, -0.25) is 0 Å². The van der Waals surface area contributed by atoms with Crippen LogP contribution in [0.5, 0.6) is 5.75 Å². The van der Waals surface area contributed by atoms with Crippen LogP contribution in [0.1, 0.15) is 11.1 Å². The number of anilines is 1. The van der Waals surface area contributed by atoms with Crippen LogP contribution in [0.2, 0.25) is 5.02 Å². The highest BCUT2D eigenvalue weighted by Gasteiger charge is 2.11. The van der Waals surface area contributed by atoms with Gasteiger partial charge in [0.1, 0.15) is 12.4 Å². The molecule has 0 aliphatic carbocycles. The van der Waals surface area contributed by atoms with E-state index >= 15 is 0 Å². The maximum Gasteiger partial charge on any atom is 0.139 e. The SMILES string of the molecule is Clc1ccc(NCc2cc(Br)cc(Br)c2OCc2ccccc2)cc1. The molecule has 2 nitrogen and oxygen atoms in total. The molecule has 0 saturated carbocycles. The van der Waals surface area contributed by atoms with Gasteiger partial charge in [0.15, 0.2) is 0 Å². The smallest absolute Gasteiger partial charge is 0.139 e. The zero-order chi connectivity index (χ0) is 17.6. The Morgan fingerprint density at radius 3 is 2.36 bits per heavy atom. The van der Waals surface area contributed by atoms with Gasteiger partial charge < -0.3 is 10.1 Å². The maximum absolute atomic E-state index is 6.09. The largest absolute Gasteiger partial charge is 0.487 e. The van der Waals surface area contributed by atoms with Crippen molar-refractivity contribution in [1.29, 1.82) is 0 Å². The molecule has 0 aliphatic heterocycles. The van der Waals surface area contributed by atoms with Crippen LogP contribution >= 0.6 is 43.5 Å². The summed E-state index contributed by atoms with van der Waals surface area (Å²) >= 11 is 13.1. The third kappa shape index (κ3) is 5.24. The summed E-state index contributed by atoms with van der Waals surface area (Å²) in [5.41, 5.74) is 3.20. The van der Waals surface area contributed by atoms with Crippen LogP contribution in [-0.4, -0.2) is 0 Å². The average molecular weight is 482 g/mol. The van der Waals surface area contributed by atoms with Crippen molar-refractivity contribution in [2.45, 2.75) is 13.2 Å². The number of rotatable bonds is 6. The first-order valence-electron chi connectivity index (χ1n) is 7.76. The van der Waals surface area contributed by atoms with E-state index in [1.807, 2.05) is 48.5 Å². The summed E-state index contributed by atoms with van der Waals surface area (Å²) in [5.74, 6) is 0.841. The molecule has 0 unspecified atom stereocenters. The summed E-state index contributed by atoms with van der Waals surface area (Å²) in [6.45, 7) is 1.17. The fourth-order valence-electron chi connectivity index (χ4n) is 2.40. The second-order valence-corrected chi connectivity index (χ2v) is 7.72. The molecule has 5 heteroatoms. The summed E-state index contributed by atoms with van der Waals surface area (Å²) < 4.78 is 8.01. The van der Waals surface area contributed by atoms with Crippen LogP contribution in [0.25, 0.3) is 0 Å². The van der Waals surface area contributed by atoms with Gasteiger partial charge in [0.05, 0.1) is 4.47 Å². The van der Waals surface area contributed by atoms with Crippen LogP contribution < -0.4 is 10.1 Å². The van der Waals surface area contributed by atoms with Crippen molar-refractivity contribution in [1.82, 2.24) is 0 Å². The predicted octanol–water partition coefficient (Wildman–Crippen LogP) is 7.06. The molecule has 3 aromatic rings. The van der Waals surface area contributed by atoms with Gasteiger partial charge in [-0.05, 0) is 57.9 Å². The highest BCUT2D eigenvalue weighted by Crippen LogP contribution is 2.34. The van der Waals surface area contributed by atoms with E-state index in [9.17, 15) is 0 Å². The molecule has 0 aliphatic rings. The quantitative estimate of drug-likeness (QED) is 0.407. The van der Waals surface area contributed by atoms with Gasteiger partial charge in [0.25, 0.3) is 0 Å². The van der Waals surface area contributed by atoms with Crippen molar-refractivity contribution in [3.8, 4) is 5.75 Å². The molecule has 0 heterocycles. The van der Waals surface area contributed by atoms with E-state index in [0.29, 0.717) is 13.2 Å². The van der Waals surface area contributed by atoms with Gasteiger partial charge in [-0.2, -0.15) is 0 Å². The van der Waals surface area contributed by atoms with Crippen molar-refractivity contribution in [2.24, 2.45) is 0 Å². The van der Waals surface area contributed by atoms with Gasteiger partial charge in [0, 0.05) is 27.3 Å². The minimum Gasteiger partial charge on any atom is -0.487 e. The van der Waals surface area contributed by atoms with Gasteiger partial charge >= 0.3 is 0 Å². The summed E-state index contributed by atoms with van der Waals surface area (Å²) in [7, 11) is 0. The van der Waals surface area contributed by atoms with Crippen molar-refractivity contribution in [3.63, 3.8) is 0 Å². The van der Waals surface area contributed by atoms with Crippen molar-refractivity contribution in [2.75, 3.05) is 5.32 Å². The Hall–Kier alpha value is -1.49. The molecule has 1 N–H and O–H groups in total. The second-order valence-electron chi connectivity index (χ2n) is 5.51. The third-order valence-electron chi connectivity index (χ3n) is 3.64. The number of benzene rings is 3. The molecule has 25 heavy (non-hydrogen) atoms. The number of halogens is 3.